The van der Waals surface area contributed by atoms with Gasteiger partial charge in [0, 0.05) is 44.2 Å². The number of aromatic nitrogens is 3. The van der Waals surface area contributed by atoms with Crippen molar-refractivity contribution in [2.24, 2.45) is 5.92 Å². The van der Waals surface area contributed by atoms with E-state index in [0.29, 0.717) is 46.0 Å². The van der Waals surface area contributed by atoms with Crippen LogP contribution in [0.15, 0.2) is 30.5 Å². The fraction of sp³-hybridized carbons (Fsp3) is 0.429. The van der Waals surface area contributed by atoms with Crippen molar-refractivity contribution in [3.05, 3.63) is 41.0 Å². The quantitative estimate of drug-likeness (QED) is 0.294. The maximum Gasteiger partial charge on any atom is 0.272 e. The molecule has 2 aromatic heterocycles. The summed E-state index contributed by atoms with van der Waals surface area (Å²) >= 11 is 1.27. The number of anilines is 3. The molecule has 5 rings (SSSR count). The maximum absolute atomic E-state index is 13.3. The minimum atomic E-state index is -2.01. The Morgan fingerprint density at radius 2 is 1.80 bits per heavy atom. The van der Waals surface area contributed by atoms with Crippen molar-refractivity contribution in [2.75, 3.05) is 43.9 Å². The molecule has 12 nitrogen and oxygen atoms in total. The minimum Gasteiger partial charge on any atom is -0.494 e. The molecule has 0 atom stereocenters. The zero-order valence-electron chi connectivity index (χ0n) is 24.8. The van der Waals surface area contributed by atoms with E-state index in [1.54, 1.807) is 18.3 Å². The monoisotopic (exact) mass is 608 g/mol. The SMILES string of the molecule is [B]C([B])([B])NC(=O)c1nnc(NC(=O)C2CC2)cc1Nc1cccc(-c2ncc(C(=O)N3CCN(C(C)C)CC3)s2)c1OC. The Kier molecular flexibility index (Phi) is 9.30. The largest absolute Gasteiger partial charge is 0.494 e. The highest BCUT2D eigenvalue weighted by Gasteiger charge is 2.31. The van der Waals surface area contributed by atoms with E-state index in [4.69, 9.17) is 28.3 Å². The third kappa shape index (κ3) is 7.41. The van der Waals surface area contributed by atoms with Gasteiger partial charge < -0.3 is 25.6 Å². The van der Waals surface area contributed by atoms with Crippen molar-refractivity contribution in [1.29, 1.82) is 0 Å². The highest BCUT2D eigenvalue weighted by Crippen LogP contribution is 2.40. The van der Waals surface area contributed by atoms with E-state index in [2.05, 4.69) is 49.9 Å². The molecule has 222 valence electrons. The number of benzene rings is 1. The first-order valence-electron chi connectivity index (χ1n) is 14.2. The van der Waals surface area contributed by atoms with Crippen molar-refractivity contribution < 1.29 is 19.1 Å². The van der Waals surface area contributed by atoms with Crippen molar-refractivity contribution in [3.8, 4) is 16.3 Å². The normalized spacial score (nSPS) is 15.6. The Balaban J connectivity index is 1.41. The molecule has 6 radical (unpaired) electrons. The topological polar surface area (TPSA) is 142 Å². The second-order valence-electron chi connectivity index (χ2n) is 11.1. The molecule has 0 bridgehead atoms. The highest BCUT2D eigenvalue weighted by molar-refractivity contribution is 7.17. The Morgan fingerprint density at radius 1 is 1.07 bits per heavy atom. The Labute approximate surface area is 263 Å². The van der Waals surface area contributed by atoms with Gasteiger partial charge >= 0.3 is 0 Å². The maximum atomic E-state index is 13.3. The zero-order chi connectivity index (χ0) is 31.6. The summed E-state index contributed by atoms with van der Waals surface area (Å²) in [6.45, 7) is 7.28. The van der Waals surface area contributed by atoms with Gasteiger partial charge in [0.1, 0.15) is 9.88 Å². The molecule has 3 N–H and O–H groups in total. The van der Waals surface area contributed by atoms with Crippen LogP contribution in [0, 0.1) is 5.92 Å². The molecule has 3 heterocycles. The summed E-state index contributed by atoms with van der Waals surface area (Å²) in [5.41, 5.74) is 1.09. The smallest absolute Gasteiger partial charge is 0.272 e. The van der Waals surface area contributed by atoms with E-state index in [9.17, 15) is 14.4 Å². The van der Waals surface area contributed by atoms with Gasteiger partial charge in [-0.3, -0.25) is 19.3 Å². The first-order valence-corrected chi connectivity index (χ1v) is 15.1. The van der Waals surface area contributed by atoms with Crippen molar-refractivity contribution in [1.82, 2.24) is 30.3 Å². The van der Waals surface area contributed by atoms with Crippen LogP contribution < -0.4 is 20.7 Å². The summed E-state index contributed by atoms with van der Waals surface area (Å²) < 4.78 is 5.78. The zero-order valence-corrected chi connectivity index (χ0v) is 25.6. The van der Waals surface area contributed by atoms with E-state index in [0.717, 1.165) is 25.9 Å². The van der Waals surface area contributed by atoms with Crippen LogP contribution in [0.5, 0.6) is 5.75 Å². The molecule has 0 spiro atoms. The highest BCUT2D eigenvalue weighted by atomic mass is 32.1. The minimum absolute atomic E-state index is 0.0551. The molecule has 1 aliphatic carbocycles. The summed E-state index contributed by atoms with van der Waals surface area (Å²) in [6.07, 6.45) is 3.19. The van der Waals surface area contributed by atoms with Crippen LogP contribution in [0.2, 0.25) is 0 Å². The number of nitrogens with zero attached hydrogens (tertiary/aromatic N) is 5. The summed E-state index contributed by atoms with van der Waals surface area (Å²) in [5, 5.41) is 14.7. The van der Waals surface area contributed by atoms with Crippen LogP contribution in [-0.4, -0.2) is 111 Å². The second kappa shape index (κ2) is 13.0. The summed E-state index contributed by atoms with van der Waals surface area (Å²) in [5.74, 6) is -0.542. The number of amides is 3. The molecule has 1 saturated heterocycles. The van der Waals surface area contributed by atoms with Crippen LogP contribution in [0.4, 0.5) is 17.2 Å². The van der Waals surface area contributed by atoms with Gasteiger partial charge in [0.15, 0.2) is 17.3 Å². The molecule has 16 heteroatoms. The summed E-state index contributed by atoms with van der Waals surface area (Å²) in [7, 11) is 18.2. The molecule has 44 heavy (non-hydrogen) atoms. The first-order chi connectivity index (χ1) is 20.9. The number of thiazole rings is 1. The molecule has 1 aromatic carbocycles. The first kappa shape index (κ1) is 31.5. The number of carbonyl (C=O) groups excluding carboxylic acids is 3. The van der Waals surface area contributed by atoms with Crippen molar-refractivity contribution in [2.45, 2.75) is 38.0 Å². The molecule has 1 saturated carbocycles. The number of para-hydroxylation sites is 1. The van der Waals surface area contributed by atoms with E-state index in [1.165, 1.54) is 24.5 Å². The van der Waals surface area contributed by atoms with E-state index < -0.39 is 11.1 Å². The molecule has 1 aliphatic heterocycles. The number of methoxy groups -OCH3 is 1. The molecule has 2 aliphatic rings. The third-order valence-corrected chi connectivity index (χ3v) is 8.32. The molecule has 3 amide bonds. The average Bonchev–Trinajstić information content (AvgIpc) is 3.72. The number of hydrogen-bond donors (Lipinski definition) is 3. The van der Waals surface area contributed by atoms with Crippen LogP contribution in [-0.2, 0) is 4.79 Å². The van der Waals surface area contributed by atoms with Gasteiger partial charge in [-0.2, -0.15) is 0 Å². The lowest BCUT2D eigenvalue weighted by atomic mass is 9.49. The summed E-state index contributed by atoms with van der Waals surface area (Å²) in [6, 6.07) is 7.25. The van der Waals surface area contributed by atoms with Crippen molar-refractivity contribution >= 4 is 69.8 Å². The van der Waals surface area contributed by atoms with E-state index in [-0.39, 0.29) is 34.9 Å². The molecular formula is C28H31B3N8O4S. The molecule has 3 aromatic rings. The lowest BCUT2D eigenvalue weighted by Gasteiger charge is -2.36. The fourth-order valence-corrected chi connectivity index (χ4v) is 5.72. The van der Waals surface area contributed by atoms with Crippen LogP contribution in [0.1, 0.15) is 46.8 Å². The van der Waals surface area contributed by atoms with E-state index >= 15 is 0 Å². The predicted octanol–water partition coefficient (Wildman–Crippen LogP) is 1.71. The van der Waals surface area contributed by atoms with Crippen LogP contribution in [0.3, 0.4) is 0 Å². The van der Waals surface area contributed by atoms with Crippen LogP contribution >= 0.6 is 11.3 Å². The van der Waals surface area contributed by atoms with Gasteiger partial charge in [0.05, 0.1) is 53.8 Å². The molecule has 2 fully saturated rings. The van der Waals surface area contributed by atoms with Crippen molar-refractivity contribution in [3.63, 3.8) is 0 Å². The standard InChI is InChI=1S/C28H31B3N8O4S/c1-15(2)38-9-11-39(12-10-38)27(42)20-14-32-26(44-20)17-5-4-6-18(23(17)43-3)33-19-13-21(34-24(40)16-7-8-16)36-37-22(19)25(41)35-28(29,30)31/h4-6,13-16H,7-12H2,1-3H3,(H,35,41)(H2,33,34,36,40). The molecule has 0 unspecified atom stereocenters. The van der Waals surface area contributed by atoms with Gasteiger partial charge in [-0.05, 0) is 38.8 Å². The fourth-order valence-electron chi connectivity index (χ4n) is 4.81. The second-order valence-corrected chi connectivity index (χ2v) is 12.1. The molecular weight excluding hydrogens is 577 g/mol. The number of nitrogens with one attached hydrogen (secondary N) is 3. The Hall–Kier alpha value is -3.91. The van der Waals surface area contributed by atoms with Gasteiger partial charge in [0.2, 0.25) is 5.91 Å². The predicted molar refractivity (Wildman–Crippen MR) is 171 cm³/mol. The van der Waals surface area contributed by atoms with Crippen LogP contribution in [0.25, 0.3) is 10.6 Å². The number of carbonyl (C=O) groups is 3. The van der Waals surface area contributed by atoms with Gasteiger partial charge in [-0.15, -0.1) is 21.5 Å². The lowest BCUT2D eigenvalue weighted by molar-refractivity contribution is -0.117. The Morgan fingerprint density at radius 3 is 2.43 bits per heavy atom. The number of ether oxygens (including phenoxy) is 1. The number of piperazine rings is 1. The average molecular weight is 608 g/mol. The third-order valence-electron chi connectivity index (χ3n) is 7.31. The Bertz CT molecular complexity index is 1550. The summed E-state index contributed by atoms with van der Waals surface area (Å²) in [4.78, 5) is 47.8. The number of hydrogen-bond acceptors (Lipinski definition) is 10. The van der Waals surface area contributed by atoms with Gasteiger partial charge in [-0.25, -0.2) is 4.98 Å². The lowest BCUT2D eigenvalue weighted by Crippen LogP contribution is -2.50. The van der Waals surface area contributed by atoms with Gasteiger partial charge in [-0.1, -0.05) is 11.3 Å². The van der Waals surface area contributed by atoms with E-state index in [1.807, 2.05) is 11.0 Å². The number of rotatable bonds is 10. The van der Waals surface area contributed by atoms with Gasteiger partial charge in [0.25, 0.3) is 11.8 Å².